The number of benzene rings is 3. The number of anilines is 2. The van der Waals surface area contributed by atoms with Crippen molar-refractivity contribution < 1.29 is 47.1 Å². The molecule has 0 aliphatic carbocycles. The fourth-order valence-corrected chi connectivity index (χ4v) is 3.79. The number of carbonyl (C=O) groups excluding carboxylic acids is 2. The van der Waals surface area contributed by atoms with Gasteiger partial charge in [-0.2, -0.15) is 13.2 Å². The van der Waals surface area contributed by atoms with E-state index in [1.54, 1.807) is 42.5 Å². The first-order valence-corrected chi connectivity index (χ1v) is 13.0. The third-order valence-corrected chi connectivity index (χ3v) is 5.82. The summed E-state index contributed by atoms with van der Waals surface area (Å²) >= 11 is 0. The largest absolute Gasteiger partial charge is 0.494 e. The molecule has 0 heterocycles. The van der Waals surface area contributed by atoms with Crippen molar-refractivity contribution in [2.24, 2.45) is 0 Å². The molecule has 5 N–H and O–H groups in total. The van der Waals surface area contributed by atoms with E-state index in [1.165, 1.54) is 36.4 Å². The Hall–Kier alpha value is -4.55. The van der Waals surface area contributed by atoms with E-state index in [1.807, 2.05) is 0 Å². The van der Waals surface area contributed by atoms with Crippen molar-refractivity contribution in [3.05, 3.63) is 89.5 Å². The second-order valence-electron chi connectivity index (χ2n) is 9.22. The maximum atomic E-state index is 12.4. The molecule has 42 heavy (non-hydrogen) atoms. The highest BCUT2D eigenvalue weighted by Crippen LogP contribution is 2.26. The third kappa shape index (κ3) is 11.1. The van der Waals surface area contributed by atoms with Crippen molar-refractivity contribution >= 4 is 29.4 Å². The molecule has 3 aromatic rings. The lowest BCUT2D eigenvalue weighted by atomic mass is 10.0. The molecule has 0 aromatic heterocycles. The number of rotatable bonds is 14. The summed E-state index contributed by atoms with van der Waals surface area (Å²) in [7, 11) is 0. The Labute approximate surface area is 240 Å². The first kappa shape index (κ1) is 32.0. The maximum Gasteiger partial charge on any atom is 0.389 e. The number of carbonyl (C=O) groups is 2. The number of nitrogens with two attached hydrogens (primary N) is 2. The Balaban J connectivity index is 1.39. The number of ether oxygens (including phenoxy) is 3. The quantitative estimate of drug-likeness (QED) is 0.0373. The maximum absolute atomic E-state index is 12.4. The average Bonchev–Trinajstić information content (AvgIpc) is 2.94. The van der Waals surface area contributed by atoms with Crippen LogP contribution in [-0.4, -0.2) is 36.6 Å². The highest BCUT2D eigenvalue weighted by atomic mass is 19.4. The van der Waals surface area contributed by atoms with E-state index in [4.69, 9.17) is 25.7 Å². The molecule has 224 valence electrons. The van der Waals surface area contributed by atoms with E-state index in [9.17, 15) is 28.0 Å². The molecule has 0 saturated heterocycles. The van der Waals surface area contributed by atoms with Crippen LogP contribution in [0, 0.1) is 0 Å². The first-order valence-electron chi connectivity index (χ1n) is 13.0. The summed E-state index contributed by atoms with van der Waals surface area (Å²) < 4.78 is 52.4. The van der Waals surface area contributed by atoms with E-state index in [0.717, 1.165) is 0 Å². The van der Waals surface area contributed by atoms with Crippen LogP contribution < -0.4 is 20.9 Å². The SMILES string of the molecule is Nc1cc(N)cc(C(CCCOC(=O)/C=C/c2ccc(OC(=O)c3ccc(OCCCC(F)(F)F)cc3)cc2)OO)c1. The summed E-state index contributed by atoms with van der Waals surface area (Å²) in [5.41, 5.74) is 13.9. The zero-order valence-corrected chi connectivity index (χ0v) is 22.5. The minimum Gasteiger partial charge on any atom is -0.494 e. The molecule has 0 saturated carbocycles. The summed E-state index contributed by atoms with van der Waals surface area (Å²) in [6.45, 7) is 0.00442. The van der Waals surface area contributed by atoms with Gasteiger partial charge in [-0.05, 0) is 91.1 Å². The van der Waals surface area contributed by atoms with Gasteiger partial charge in [-0.3, -0.25) is 5.26 Å². The van der Waals surface area contributed by atoms with Gasteiger partial charge in [0, 0.05) is 23.9 Å². The number of hydrogen-bond acceptors (Lipinski definition) is 9. The minimum atomic E-state index is -4.23. The van der Waals surface area contributed by atoms with Gasteiger partial charge in [0.1, 0.15) is 17.6 Å². The molecule has 0 spiro atoms. The van der Waals surface area contributed by atoms with Crippen LogP contribution in [0.2, 0.25) is 0 Å². The molecule has 9 nitrogen and oxygen atoms in total. The summed E-state index contributed by atoms with van der Waals surface area (Å²) in [6, 6.07) is 17.1. The molecule has 3 rings (SSSR count). The second-order valence-corrected chi connectivity index (χ2v) is 9.22. The molecule has 0 amide bonds. The summed E-state index contributed by atoms with van der Waals surface area (Å²) in [6.07, 6.45) is -2.42. The van der Waals surface area contributed by atoms with Crippen LogP contribution in [0.4, 0.5) is 24.5 Å². The van der Waals surface area contributed by atoms with Crippen molar-refractivity contribution in [3.63, 3.8) is 0 Å². The van der Waals surface area contributed by atoms with Crippen LogP contribution in [0.15, 0.2) is 72.8 Å². The predicted octanol–water partition coefficient (Wildman–Crippen LogP) is 6.36. The molecule has 1 unspecified atom stereocenters. The van der Waals surface area contributed by atoms with Crippen molar-refractivity contribution in [1.82, 2.24) is 0 Å². The van der Waals surface area contributed by atoms with Crippen LogP contribution in [0.1, 0.15) is 53.3 Å². The van der Waals surface area contributed by atoms with E-state index < -0.39 is 30.6 Å². The molecule has 0 radical (unpaired) electrons. The molecular formula is C30H31F3N2O7. The van der Waals surface area contributed by atoms with E-state index in [2.05, 4.69) is 4.89 Å². The summed E-state index contributed by atoms with van der Waals surface area (Å²) in [5.74, 6) is -0.573. The molecule has 1 atom stereocenters. The predicted molar refractivity (Wildman–Crippen MR) is 150 cm³/mol. The Morgan fingerprint density at radius 3 is 2.14 bits per heavy atom. The Morgan fingerprint density at radius 2 is 1.52 bits per heavy atom. The zero-order valence-electron chi connectivity index (χ0n) is 22.5. The van der Waals surface area contributed by atoms with Crippen LogP contribution in [-0.2, 0) is 14.4 Å². The van der Waals surface area contributed by atoms with Crippen LogP contribution in [0.3, 0.4) is 0 Å². The van der Waals surface area contributed by atoms with E-state index >= 15 is 0 Å². The number of nitrogen functional groups attached to an aromatic ring is 2. The topological polar surface area (TPSA) is 143 Å². The van der Waals surface area contributed by atoms with Gasteiger partial charge in [-0.15, -0.1) is 0 Å². The Morgan fingerprint density at radius 1 is 0.881 bits per heavy atom. The van der Waals surface area contributed by atoms with Gasteiger partial charge in [0.25, 0.3) is 0 Å². The lowest BCUT2D eigenvalue weighted by Gasteiger charge is -2.15. The van der Waals surface area contributed by atoms with Crippen LogP contribution in [0.25, 0.3) is 6.08 Å². The molecule has 3 aromatic carbocycles. The fraction of sp³-hybridized carbons (Fsp3) is 0.267. The lowest BCUT2D eigenvalue weighted by Crippen LogP contribution is -2.10. The van der Waals surface area contributed by atoms with Crippen molar-refractivity contribution in [3.8, 4) is 11.5 Å². The number of halogens is 3. The van der Waals surface area contributed by atoms with E-state index in [0.29, 0.717) is 41.1 Å². The first-order chi connectivity index (χ1) is 20.0. The number of esters is 2. The standard InChI is InChI=1S/C30H31F3N2O7/c31-30(32,33)14-2-16-39-25-11-7-21(8-12-25)29(37)41-26-9-4-20(5-10-26)6-13-28(36)40-15-1-3-27(42-38)22-17-23(34)19-24(35)18-22/h4-13,17-19,27,38H,1-3,14-16,34-35H2/b13-6+. The van der Waals surface area contributed by atoms with Gasteiger partial charge >= 0.3 is 18.1 Å². The van der Waals surface area contributed by atoms with E-state index in [-0.39, 0.29) is 30.9 Å². The molecule has 0 fully saturated rings. The second kappa shape index (κ2) is 15.5. The zero-order chi connectivity index (χ0) is 30.5. The normalized spacial score (nSPS) is 12.2. The number of alkyl halides is 3. The van der Waals surface area contributed by atoms with Gasteiger partial charge in [-0.25, -0.2) is 14.5 Å². The van der Waals surface area contributed by atoms with Crippen LogP contribution in [0.5, 0.6) is 11.5 Å². The van der Waals surface area contributed by atoms with Gasteiger partial charge in [0.2, 0.25) is 0 Å². The Bertz CT molecular complexity index is 1320. The van der Waals surface area contributed by atoms with Crippen molar-refractivity contribution in [1.29, 1.82) is 0 Å². The minimum absolute atomic E-state index is 0.0937. The molecule has 0 aliphatic rings. The van der Waals surface area contributed by atoms with Crippen molar-refractivity contribution in [2.75, 3.05) is 24.7 Å². The van der Waals surface area contributed by atoms with Gasteiger partial charge in [0.15, 0.2) is 0 Å². The van der Waals surface area contributed by atoms with Gasteiger partial charge < -0.3 is 25.7 Å². The monoisotopic (exact) mass is 588 g/mol. The highest BCUT2D eigenvalue weighted by Gasteiger charge is 2.26. The lowest BCUT2D eigenvalue weighted by molar-refractivity contribution is -0.283. The fourth-order valence-electron chi connectivity index (χ4n) is 3.79. The molecule has 0 bridgehead atoms. The smallest absolute Gasteiger partial charge is 0.389 e. The van der Waals surface area contributed by atoms with Crippen LogP contribution >= 0.6 is 0 Å². The molecular weight excluding hydrogens is 557 g/mol. The highest BCUT2D eigenvalue weighted by molar-refractivity contribution is 5.91. The third-order valence-electron chi connectivity index (χ3n) is 5.82. The number of hydrogen-bond donors (Lipinski definition) is 3. The summed E-state index contributed by atoms with van der Waals surface area (Å²) in [4.78, 5) is 29.0. The average molecular weight is 589 g/mol. The van der Waals surface area contributed by atoms with Gasteiger partial charge in [-0.1, -0.05) is 12.1 Å². The molecule has 0 aliphatic heterocycles. The Kier molecular flexibility index (Phi) is 11.8. The van der Waals surface area contributed by atoms with Crippen molar-refractivity contribution in [2.45, 2.75) is 38.0 Å². The molecule has 12 heteroatoms. The summed E-state index contributed by atoms with van der Waals surface area (Å²) in [5, 5.41) is 9.21. The van der Waals surface area contributed by atoms with Gasteiger partial charge in [0.05, 0.1) is 18.8 Å².